The van der Waals surface area contributed by atoms with Crippen LogP contribution >= 0.6 is 0 Å². The summed E-state index contributed by atoms with van der Waals surface area (Å²) in [5.74, 6) is -2.45. The van der Waals surface area contributed by atoms with Gasteiger partial charge in [0.15, 0.2) is 17.5 Å². The van der Waals surface area contributed by atoms with Gasteiger partial charge in [-0.1, -0.05) is 6.42 Å². The van der Waals surface area contributed by atoms with Gasteiger partial charge in [-0.15, -0.1) is 0 Å². The van der Waals surface area contributed by atoms with E-state index in [1.165, 1.54) is 20.0 Å². The van der Waals surface area contributed by atoms with E-state index in [0.29, 0.717) is 11.8 Å². The Balaban J connectivity index is 1.96. The van der Waals surface area contributed by atoms with E-state index < -0.39 is 23.5 Å². The molecule has 106 valence electrons. The summed E-state index contributed by atoms with van der Waals surface area (Å²) in [4.78, 5) is 34.8. The lowest BCUT2D eigenvalue weighted by atomic mass is 9.82. The van der Waals surface area contributed by atoms with Crippen LogP contribution in [0.15, 0.2) is 0 Å². The number of hydrogen-bond acceptors (Lipinski definition) is 4. The predicted octanol–water partition coefficient (Wildman–Crippen LogP) is 1.30. The highest BCUT2D eigenvalue weighted by Crippen LogP contribution is 2.49. The summed E-state index contributed by atoms with van der Waals surface area (Å²) < 4.78 is 4.64. The molecule has 2 bridgehead atoms. The summed E-state index contributed by atoms with van der Waals surface area (Å²) >= 11 is 0. The number of ketones is 2. The Hall–Kier alpha value is -1.23. The minimum Gasteiger partial charge on any atom is -0.480 e. The molecule has 0 saturated heterocycles. The van der Waals surface area contributed by atoms with E-state index in [2.05, 4.69) is 4.74 Å². The summed E-state index contributed by atoms with van der Waals surface area (Å²) in [5, 5.41) is 9.05. The number of methoxy groups -OCH3 is 1. The topological polar surface area (TPSA) is 80.7 Å². The molecule has 5 heteroatoms. The zero-order chi connectivity index (χ0) is 14.0. The van der Waals surface area contributed by atoms with Crippen LogP contribution in [0.2, 0.25) is 0 Å². The summed E-state index contributed by atoms with van der Waals surface area (Å²) in [6.45, 7) is -0.320. The maximum atomic E-state index is 12.1. The molecule has 19 heavy (non-hydrogen) atoms. The van der Waals surface area contributed by atoms with E-state index in [4.69, 9.17) is 5.11 Å². The van der Waals surface area contributed by atoms with Gasteiger partial charge >= 0.3 is 5.97 Å². The summed E-state index contributed by atoms with van der Waals surface area (Å²) in [5.41, 5.74) is 0. The second kappa shape index (κ2) is 5.82. The lowest BCUT2D eigenvalue weighted by molar-refractivity contribution is -0.151. The quantitative estimate of drug-likeness (QED) is 0.704. The van der Waals surface area contributed by atoms with Crippen LogP contribution in [-0.4, -0.2) is 36.4 Å². The van der Waals surface area contributed by atoms with Gasteiger partial charge in [0.05, 0.1) is 0 Å². The average molecular weight is 268 g/mol. The van der Waals surface area contributed by atoms with E-state index in [9.17, 15) is 14.4 Å². The van der Waals surface area contributed by atoms with E-state index in [1.54, 1.807) is 0 Å². The first-order valence-electron chi connectivity index (χ1n) is 6.80. The van der Waals surface area contributed by atoms with Crippen LogP contribution in [0.5, 0.6) is 0 Å². The summed E-state index contributed by atoms with van der Waals surface area (Å²) in [7, 11) is 1.32. The molecule has 1 N–H and O–H groups in total. The van der Waals surface area contributed by atoms with Crippen molar-refractivity contribution in [1.82, 2.24) is 0 Å². The number of carboxylic acids is 1. The number of Topliss-reactive ketones (excluding diaryl/α,β-unsaturated/α-hetero) is 2. The zero-order valence-electron chi connectivity index (χ0n) is 11.1. The Morgan fingerprint density at radius 1 is 1.21 bits per heavy atom. The van der Waals surface area contributed by atoms with E-state index in [0.717, 1.165) is 12.8 Å². The molecule has 0 heterocycles. The van der Waals surface area contributed by atoms with Gasteiger partial charge in [0.1, 0.15) is 6.61 Å². The van der Waals surface area contributed by atoms with Crippen molar-refractivity contribution < 1.29 is 24.2 Å². The molecule has 2 fully saturated rings. The molecule has 5 nitrogen and oxygen atoms in total. The first-order chi connectivity index (χ1) is 9.02. The van der Waals surface area contributed by atoms with Crippen LogP contribution in [0.4, 0.5) is 0 Å². The molecule has 0 radical (unpaired) electrons. The smallest absolute Gasteiger partial charge is 0.321 e. The Morgan fingerprint density at radius 3 is 2.42 bits per heavy atom. The van der Waals surface area contributed by atoms with Gasteiger partial charge in [-0.3, -0.25) is 14.4 Å². The number of ether oxygens (including phenoxy) is 1. The van der Waals surface area contributed by atoms with Crippen LogP contribution in [0, 0.1) is 23.7 Å². The van der Waals surface area contributed by atoms with Crippen molar-refractivity contribution in [3.05, 3.63) is 0 Å². The number of carbonyl (C=O) groups is 3. The van der Waals surface area contributed by atoms with Crippen molar-refractivity contribution >= 4 is 17.5 Å². The molecular weight excluding hydrogens is 248 g/mol. The average Bonchev–Trinajstić information content (AvgIpc) is 2.90. The highest BCUT2D eigenvalue weighted by molar-refractivity contribution is 6.17. The number of aliphatic carboxylic acids is 1. The highest BCUT2D eigenvalue weighted by atomic mass is 16.5. The molecule has 2 aliphatic carbocycles. The lowest BCUT2D eigenvalue weighted by Crippen LogP contribution is -2.35. The molecule has 0 aromatic heterocycles. The molecule has 0 aromatic carbocycles. The second-order valence-corrected chi connectivity index (χ2v) is 5.78. The van der Waals surface area contributed by atoms with Gasteiger partial charge in [-0.25, -0.2) is 0 Å². The standard InChI is InChI=1S/C14H20O5/c1-19-7-12(16)13(14(17)18)11(15)6-10-5-8-2-3-9(10)4-8/h8-10,13H,2-7H2,1H3,(H,17,18). The van der Waals surface area contributed by atoms with Gasteiger partial charge in [0, 0.05) is 13.5 Å². The molecule has 2 rings (SSSR count). The molecule has 0 spiro atoms. The molecule has 4 unspecified atom stereocenters. The van der Waals surface area contributed by atoms with Gasteiger partial charge in [-0.2, -0.15) is 0 Å². The highest BCUT2D eigenvalue weighted by Gasteiger charge is 2.42. The fourth-order valence-electron chi connectivity index (χ4n) is 3.68. The largest absolute Gasteiger partial charge is 0.480 e. The minimum absolute atomic E-state index is 0.230. The van der Waals surface area contributed by atoms with Crippen molar-refractivity contribution in [3.8, 4) is 0 Å². The van der Waals surface area contributed by atoms with Gasteiger partial charge in [0.25, 0.3) is 0 Å². The first kappa shape index (κ1) is 14.2. The van der Waals surface area contributed by atoms with Gasteiger partial charge in [0.2, 0.25) is 0 Å². The molecule has 2 aliphatic rings. The van der Waals surface area contributed by atoms with Crippen molar-refractivity contribution in [3.63, 3.8) is 0 Å². The van der Waals surface area contributed by atoms with E-state index in [-0.39, 0.29) is 18.9 Å². The van der Waals surface area contributed by atoms with E-state index in [1.807, 2.05) is 0 Å². The normalized spacial score (nSPS) is 30.3. The Kier molecular flexibility index (Phi) is 4.34. The minimum atomic E-state index is -1.54. The zero-order valence-corrected chi connectivity index (χ0v) is 11.1. The molecule has 0 amide bonds. The molecule has 2 saturated carbocycles. The molecule has 4 atom stereocenters. The van der Waals surface area contributed by atoms with Crippen molar-refractivity contribution in [1.29, 1.82) is 0 Å². The van der Waals surface area contributed by atoms with Crippen LogP contribution in [0.25, 0.3) is 0 Å². The van der Waals surface area contributed by atoms with Crippen molar-refractivity contribution in [2.45, 2.75) is 32.1 Å². The van der Waals surface area contributed by atoms with Crippen LogP contribution in [-0.2, 0) is 19.1 Å². The predicted molar refractivity (Wildman–Crippen MR) is 66.6 cm³/mol. The SMILES string of the molecule is COCC(=O)C(C(=O)O)C(=O)CC1CC2CCC1C2. The van der Waals surface area contributed by atoms with Crippen molar-refractivity contribution in [2.75, 3.05) is 13.7 Å². The maximum absolute atomic E-state index is 12.1. The monoisotopic (exact) mass is 268 g/mol. The molecule has 0 aliphatic heterocycles. The summed E-state index contributed by atoms with van der Waals surface area (Å²) in [6, 6.07) is 0. The maximum Gasteiger partial charge on any atom is 0.321 e. The number of carboxylic acid groups (broad SMARTS) is 1. The lowest BCUT2D eigenvalue weighted by Gasteiger charge is -2.22. The third-order valence-electron chi connectivity index (χ3n) is 4.53. The molecule has 0 aromatic rings. The third-order valence-corrected chi connectivity index (χ3v) is 4.53. The number of fused-ring (bicyclic) bond motifs is 2. The fourth-order valence-corrected chi connectivity index (χ4v) is 3.68. The number of rotatable bonds is 7. The van der Waals surface area contributed by atoms with Gasteiger partial charge < -0.3 is 9.84 Å². The summed E-state index contributed by atoms with van der Waals surface area (Å²) in [6.07, 6.45) is 4.79. The van der Waals surface area contributed by atoms with Gasteiger partial charge in [-0.05, 0) is 37.0 Å². The second-order valence-electron chi connectivity index (χ2n) is 5.78. The van der Waals surface area contributed by atoms with Crippen molar-refractivity contribution in [2.24, 2.45) is 23.7 Å². The Morgan fingerprint density at radius 2 is 1.95 bits per heavy atom. The number of hydrogen-bond donors (Lipinski definition) is 1. The van der Waals surface area contributed by atoms with Crippen LogP contribution < -0.4 is 0 Å². The van der Waals surface area contributed by atoms with E-state index >= 15 is 0 Å². The first-order valence-corrected chi connectivity index (χ1v) is 6.80. The third kappa shape index (κ3) is 3.03. The van der Waals surface area contributed by atoms with Crippen LogP contribution in [0.3, 0.4) is 0 Å². The van der Waals surface area contributed by atoms with Crippen LogP contribution in [0.1, 0.15) is 32.1 Å². The number of carbonyl (C=O) groups excluding carboxylic acids is 2. The molecular formula is C14H20O5. The Bertz CT molecular complexity index is 389. The fraction of sp³-hybridized carbons (Fsp3) is 0.786. The Labute approximate surface area is 112 Å².